The number of rotatable bonds is 3. The minimum absolute atomic E-state index is 0.0187. The fourth-order valence-electron chi connectivity index (χ4n) is 2.02. The minimum Gasteiger partial charge on any atom is -0.395 e. The van der Waals surface area contributed by atoms with E-state index in [0.29, 0.717) is 12.5 Å². The van der Waals surface area contributed by atoms with E-state index >= 15 is 0 Å². The lowest BCUT2D eigenvalue weighted by molar-refractivity contribution is 0.0939. The lowest BCUT2D eigenvalue weighted by Gasteiger charge is -2.22. The molecule has 0 bridgehead atoms. The highest BCUT2D eigenvalue weighted by atomic mass is 32.2. The van der Waals surface area contributed by atoms with Crippen LogP contribution in [-0.4, -0.2) is 35.2 Å². The summed E-state index contributed by atoms with van der Waals surface area (Å²) in [6.07, 6.45) is 2.59. The Morgan fingerprint density at radius 2 is 2.25 bits per heavy atom. The lowest BCUT2D eigenvalue weighted by atomic mass is 10.1. The van der Waals surface area contributed by atoms with Crippen LogP contribution >= 0.6 is 23.1 Å². The molecular weight excluding hydrogens is 290 g/mol. The van der Waals surface area contributed by atoms with Gasteiger partial charge in [0.15, 0.2) is 0 Å². The summed E-state index contributed by atoms with van der Waals surface area (Å²) in [6.45, 7) is 2.04. The van der Waals surface area contributed by atoms with E-state index in [1.807, 2.05) is 24.8 Å². The Kier molecular flexibility index (Phi) is 5.96. The van der Waals surface area contributed by atoms with Crippen LogP contribution in [0.5, 0.6) is 0 Å². The second-order valence-electron chi connectivity index (χ2n) is 4.76. The Hall–Kier alpha value is -0.960. The molecule has 3 nitrogen and oxygen atoms in total. The number of aryl methyl sites for hydroxylation is 1. The Balaban J connectivity index is 1.99. The number of hydrogen-bond acceptors (Lipinski definition) is 4. The molecule has 1 saturated heterocycles. The fraction of sp³-hybridized carbons (Fsp3) is 0.533. The summed E-state index contributed by atoms with van der Waals surface area (Å²) < 4.78 is 0. The van der Waals surface area contributed by atoms with E-state index in [0.717, 1.165) is 39.7 Å². The topological polar surface area (TPSA) is 49.3 Å². The van der Waals surface area contributed by atoms with Crippen molar-refractivity contribution in [1.29, 1.82) is 0 Å². The predicted octanol–water partition coefficient (Wildman–Crippen LogP) is 2.42. The molecule has 5 heteroatoms. The van der Waals surface area contributed by atoms with Gasteiger partial charge in [-0.05, 0) is 42.9 Å². The first-order valence-corrected chi connectivity index (χ1v) is 8.76. The molecule has 1 aromatic rings. The van der Waals surface area contributed by atoms with E-state index in [1.54, 1.807) is 0 Å². The third-order valence-electron chi connectivity index (χ3n) is 3.14. The van der Waals surface area contributed by atoms with Crippen molar-refractivity contribution < 1.29 is 9.90 Å². The maximum atomic E-state index is 12.2. The normalized spacial score (nSPS) is 15.5. The summed E-state index contributed by atoms with van der Waals surface area (Å²) in [5, 5.41) is 11.8. The maximum Gasteiger partial charge on any atom is 0.261 e. The first-order chi connectivity index (χ1) is 9.70. The van der Waals surface area contributed by atoms with Crippen molar-refractivity contribution >= 4 is 29.0 Å². The van der Waals surface area contributed by atoms with Crippen LogP contribution in [0.15, 0.2) is 6.07 Å². The molecule has 2 rings (SSSR count). The van der Waals surface area contributed by atoms with Gasteiger partial charge < -0.3 is 10.4 Å². The van der Waals surface area contributed by atoms with Crippen molar-refractivity contribution in [3.8, 4) is 11.8 Å². The number of carbonyl (C=O) groups excluding carboxylic acids is 1. The van der Waals surface area contributed by atoms with Gasteiger partial charge in [0.05, 0.1) is 16.4 Å². The van der Waals surface area contributed by atoms with Gasteiger partial charge in [0.2, 0.25) is 0 Å². The Bertz CT molecular complexity index is 522. The molecule has 0 saturated carbocycles. The second-order valence-corrected chi connectivity index (χ2v) is 7.04. The fourth-order valence-corrected chi connectivity index (χ4v) is 4.07. The maximum absolute atomic E-state index is 12.2. The molecule has 2 N–H and O–H groups in total. The zero-order valence-corrected chi connectivity index (χ0v) is 13.2. The molecule has 1 aliphatic rings. The summed E-state index contributed by atoms with van der Waals surface area (Å²) in [5.41, 5.74) is 1.03. The van der Waals surface area contributed by atoms with Crippen molar-refractivity contribution in [2.24, 2.45) is 0 Å². The second kappa shape index (κ2) is 7.72. The summed E-state index contributed by atoms with van der Waals surface area (Å²) in [4.78, 5) is 13.9. The quantitative estimate of drug-likeness (QED) is 0.843. The van der Waals surface area contributed by atoms with E-state index in [-0.39, 0.29) is 12.5 Å². The predicted molar refractivity (Wildman–Crippen MR) is 85.5 cm³/mol. The average molecular weight is 309 g/mol. The zero-order valence-electron chi connectivity index (χ0n) is 11.6. The molecular formula is C15H19NO2S2. The van der Waals surface area contributed by atoms with Crippen LogP contribution in [-0.2, 0) is 0 Å². The van der Waals surface area contributed by atoms with Crippen molar-refractivity contribution in [2.75, 3.05) is 18.1 Å². The minimum atomic E-state index is 0.0187. The van der Waals surface area contributed by atoms with Crippen molar-refractivity contribution in [1.82, 2.24) is 5.32 Å². The van der Waals surface area contributed by atoms with E-state index in [1.165, 1.54) is 11.3 Å². The van der Waals surface area contributed by atoms with Crippen molar-refractivity contribution in [3.05, 3.63) is 21.4 Å². The number of carbonyl (C=O) groups is 1. The lowest BCUT2D eigenvalue weighted by Crippen LogP contribution is -2.36. The molecule has 0 unspecified atom stereocenters. The summed E-state index contributed by atoms with van der Waals surface area (Å²) in [7, 11) is 0. The van der Waals surface area contributed by atoms with Gasteiger partial charge in [-0.2, -0.15) is 11.8 Å². The Labute approximate surface area is 128 Å². The molecule has 2 heterocycles. The molecule has 0 atom stereocenters. The third-order valence-corrected chi connectivity index (χ3v) is 5.34. The largest absolute Gasteiger partial charge is 0.395 e. The van der Waals surface area contributed by atoms with Gasteiger partial charge in [0, 0.05) is 12.5 Å². The van der Waals surface area contributed by atoms with Crippen LogP contribution in [0, 0.1) is 18.8 Å². The highest BCUT2D eigenvalue weighted by Crippen LogP contribution is 2.22. The average Bonchev–Trinajstić information content (AvgIpc) is 2.82. The number of thiophene rings is 1. The van der Waals surface area contributed by atoms with E-state index < -0.39 is 0 Å². The van der Waals surface area contributed by atoms with Gasteiger partial charge in [-0.25, -0.2) is 0 Å². The molecule has 0 spiro atoms. The van der Waals surface area contributed by atoms with Gasteiger partial charge in [0.1, 0.15) is 0 Å². The highest BCUT2D eigenvalue weighted by molar-refractivity contribution is 7.99. The number of aliphatic hydroxyl groups is 1. The zero-order chi connectivity index (χ0) is 14.4. The number of nitrogens with one attached hydrogen (secondary N) is 1. The summed E-state index contributed by atoms with van der Waals surface area (Å²) in [6, 6.07) is 2.22. The van der Waals surface area contributed by atoms with Crippen LogP contribution in [0.3, 0.4) is 0 Å². The Morgan fingerprint density at radius 3 is 2.95 bits per heavy atom. The van der Waals surface area contributed by atoms with E-state index in [2.05, 4.69) is 17.2 Å². The standard InChI is InChI=1S/C15H19NO2S2/c1-11-10-14(20-13(11)4-2-3-7-17)15(18)16-12-5-8-19-9-6-12/h10,12,17H,3,5-9H2,1H3,(H,16,18). The number of thioether (sulfide) groups is 1. The van der Waals surface area contributed by atoms with Crippen LogP contribution in [0.4, 0.5) is 0 Å². The molecule has 0 aliphatic carbocycles. The molecule has 1 fully saturated rings. The van der Waals surface area contributed by atoms with Gasteiger partial charge >= 0.3 is 0 Å². The number of hydrogen-bond donors (Lipinski definition) is 2. The first-order valence-electron chi connectivity index (χ1n) is 6.79. The molecule has 108 valence electrons. The number of amides is 1. The monoisotopic (exact) mass is 309 g/mol. The SMILES string of the molecule is Cc1cc(C(=O)NC2CCSCC2)sc1C#CCCO. The van der Waals surface area contributed by atoms with Crippen LogP contribution in [0.1, 0.15) is 39.4 Å². The van der Waals surface area contributed by atoms with Crippen molar-refractivity contribution in [3.63, 3.8) is 0 Å². The molecule has 0 aromatic carbocycles. The van der Waals surface area contributed by atoms with Crippen LogP contribution in [0.2, 0.25) is 0 Å². The molecule has 0 radical (unpaired) electrons. The van der Waals surface area contributed by atoms with Gasteiger partial charge in [0.25, 0.3) is 5.91 Å². The first kappa shape index (κ1) is 15.4. The summed E-state index contributed by atoms with van der Waals surface area (Å²) in [5.74, 6) is 8.20. The third kappa shape index (κ3) is 4.27. The molecule has 1 aliphatic heterocycles. The van der Waals surface area contributed by atoms with Crippen molar-refractivity contribution in [2.45, 2.75) is 32.2 Å². The molecule has 1 aromatic heterocycles. The van der Waals surface area contributed by atoms with E-state index in [9.17, 15) is 4.79 Å². The Morgan fingerprint density at radius 1 is 1.50 bits per heavy atom. The van der Waals surface area contributed by atoms with Crippen LogP contribution in [0.25, 0.3) is 0 Å². The van der Waals surface area contributed by atoms with Crippen LogP contribution < -0.4 is 5.32 Å². The number of aliphatic hydroxyl groups excluding tert-OH is 1. The summed E-state index contributed by atoms with van der Waals surface area (Å²) >= 11 is 3.39. The molecule has 1 amide bonds. The molecule has 20 heavy (non-hydrogen) atoms. The smallest absolute Gasteiger partial charge is 0.261 e. The van der Waals surface area contributed by atoms with Gasteiger partial charge in [-0.3, -0.25) is 4.79 Å². The van der Waals surface area contributed by atoms with Gasteiger partial charge in [-0.15, -0.1) is 11.3 Å². The highest BCUT2D eigenvalue weighted by Gasteiger charge is 2.18. The van der Waals surface area contributed by atoms with E-state index in [4.69, 9.17) is 5.11 Å². The van der Waals surface area contributed by atoms with Gasteiger partial charge in [-0.1, -0.05) is 11.8 Å².